The third-order valence-corrected chi connectivity index (χ3v) is 6.08. The molecule has 0 saturated carbocycles. The Morgan fingerprint density at radius 2 is 1.86 bits per heavy atom. The number of para-hydroxylation sites is 1. The zero-order valence-corrected chi connectivity index (χ0v) is 13.8. The summed E-state index contributed by atoms with van der Waals surface area (Å²) in [5.74, 6) is 0. The highest BCUT2D eigenvalue weighted by molar-refractivity contribution is 7.58. The standard InChI is InChI=1S/C16H18ClN2O2P/c17-16-10-5-4-7-14(16)13-19-11-6-12-21-22(19,20)18-15-8-2-1-3-9-15/h1-5,7-10H,6,11-13H2,(H,18,20)/t22-/m0/s1. The maximum absolute atomic E-state index is 13.2. The molecule has 1 N–H and O–H groups in total. The summed E-state index contributed by atoms with van der Waals surface area (Å²) < 4.78 is 20.7. The first-order valence-corrected chi connectivity index (χ1v) is 9.20. The van der Waals surface area contributed by atoms with Gasteiger partial charge in [0.15, 0.2) is 0 Å². The van der Waals surface area contributed by atoms with Crippen molar-refractivity contribution < 1.29 is 9.09 Å². The highest BCUT2D eigenvalue weighted by atomic mass is 35.5. The van der Waals surface area contributed by atoms with E-state index in [0.717, 1.165) is 17.7 Å². The lowest BCUT2D eigenvalue weighted by Crippen LogP contribution is -2.31. The molecule has 1 aliphatic heterocycles. The summed E-state index contributed by atoms with van der Waals surface area (Å²) in [6, 6.07) is 17.1. The summed E-state index contributed by atoms with van der Waals surface area (Å²) in [6.07, 6.45) is 0.852. The SMILES string of the molecule is O=[P@@]1(Nc2ccccc2)OCCCN1Cc1ccccc1Cl. The van der Waals surface area contributed by atoms with Crippen LogP contribution >= 0.6 is 19.3 Å². The second-order valence-electron chi connectivity index (χ2n) is 5.16. The van der Waals surface area contributed by atoms with Crippen LogP contribution in [0.4, 0.5) is 5.69 Å². The van der Waals surface area contributed by atoms with E-state index in [4.69, 9.17) is 16.1 Å². The molecule has 0 aliphatic carbocycles. The van der Waals surface area contributed by atoms with E-state index in [1.807, 2.05) is 59.3 Å². The maximum atomic E-state index is 13.2. The number of anilines is 1. The van der Waals surface area contributed by atoms with E-state index in [-0.39, 0.29) is 0 Å². The van der Waals surface area contributed by atoms with Gasteiger partial charge in [0.1, 0.15) is 0 Å². The largest absolute Gasteiger partial charge is 0.368 e. The van der Waals surface area contributed by atoms with E-state index in [2.05, 4.69) is 5.09 Å². The minimum Gasteiger partial charge on any atom is -0.303 e. The van der Waals surface area contributed by atoms with Crippen molar-refractivity contribution in [3.63, 3.8) is 0 Å². The van der Waals surface area contributed by atoms with Gasteiger partial charge in [0.05, 0.1) is 6.61 Å². The molecule has 1 fully saturated rings. The molecule has 1 aliphatic rings. The Kier molecular flexibility index (Phi) is 4.84. The van der Waals surface area contributed by atoms with Gasteiger partial charge in [-0.25, -0.2) is 9.24 Å². The minimum atomic E-state index is -3.11. The lowest BCUT2D eigenvalue weighted by molar-refractivity contribution is 0.206. The lowest BCUT2D eigenvalue weighted by Gasteiger charge is -2.35. The summed E-state index contributed by atoms with van der Waals surface area (Å²) in [7, 11) is -3.11. The second kappa shape index (κ2) is 6.84. The molecule has 1 atom stereocenters. The van der Waals surface area contributed by atoms with Gasteiger partial charge < -0.3 is 9.61 Å². The zero-order valence-electron chi connectivity index (χ0n) is 12.1. The average Bonchev–Trinajstić information content (AvgIpc) is 2.52. The van der Waals surface area contributed by atoms with Crippen molar-refractivity contribution in [3.05, 3.63) is 65.2 Å². The first-order valence-electron chi connectivity index (χ1n) is 7.24. The molecular weight excluding hydrogens is 319 g/mol. The summed E-state index contributed by atoms with van der Waals surface area (Å²) >= 11 is 6.22. The average molecular weight is 337 g/mol. The van der Waals surface area contributed by atoms with Crippen molar-refractivity contribution in [2.24, 2.45) is 0 Å². The fraction of sp³-hybridized carbons (Fsp3) is 0.250. The van der Waals surface area contributed by atoms with E-state index in [0.29, 0.717) is 24.7 Å². The van der Waals surface area contributed by atoms with Crippen LogP contribution in [-0.4, -0.2) is 17.8 Å². The van der Waals surface area contributed by atoms with Gasteiger partial charge in [0.25, 0.3) is 0 Å². The first-order chi connectivity index (χ1) is 10.7. The maximum Gasteiger partial charge on any atom is 0.368 e. The van der Waals surface area contributed by atoms with Gasteiger partial charge in [-0.3, -0.25) is 0 Å². The summed E-state index contributed by atoms with van der Waals surface area (Å²) in [5, 5.41) is 3.74. The molecule has 6 heteroatoms. The van der Waals surface area contributed by atoms with Crippen LogP contribution in [0.5, 0.6) is 0 Å². The van der Waals surface area contributed by atoms with Gasteiger partial charge in [0.2, 0.25) is 0 Å². The van der Waals surface area contributed by atoms with Crippen molar-refractivity contribution in [1.29, 1.82) is 0 Å². The Labute approximate surface area is 135 Å². The van der Waals surface area contributed by atoms with Crippen LogP contribution in [0, 0.1) is 0 Å². The molecule has 0 unspecified atom stereocenters. The number of nitrogens with one attached hydrogen (secondary N) is 1. The van der Waals surface area contributed by atoms with Crippen molar-refractivity contribution in [2.45, 2.75) is 13.0 Å². The first kappa shape index (κ1) is 15.6. The summed E-state index contributed by atoms with van der Waals surface area (Å²) in [4.78, 5) is 0. The fourth-order valence-corrected chi connectivity index (χ4v) is 4.58. The third kappa shape index (κ3) is 3.53. The van der Waals surface area contributed by atoms with Crippen molar-refractivity contribution in [2.75, 3.05) is 18.2 Å². The Morgan fingerprint density at radius 3 is 2.64 bits per heavy atom. The smallest absolute Gasteiger partial charge is 0.303 e. The van der Waals surface area contributed by atoms with E-state index in [1.165, 1.54) is 0 Å². The zero-order chi connectivity index (χ0) is 15.4. The molecule has 2 aromatic rings. The molecule has 22 heavy (non-hydrogen) atoms. The second-order valence-corrected chi connectivity index (χ2v) is 7.66. The summed E-state index contributed by atoms with van der Waals surface area (Å²) in [6.45, 7) is 1.70. The van der Waals surface area contributed by atoms with Crippen LogP contribution in [0.1, 0.15) is 12.0 Å². The molecule has 0 bridgehead atoms. The van der Waals surface area contributed by atoms with Crippen LogP contribution in [0.25, 0.3) is 0 Å². The molecule has 3 rings (SSSR count). The monoisotopic (exact) mass is 336 g/mol. The van der Waals surface area contributed by atoms with E-state index in [1.54, 1.807) is 0 Å². The number of hydrogen-bond acceptors (Lipinski definition) is 2. The Balaban J connectivity index is 1.81. The third-order valence-electron chi connectivity index (χ3n) is 3.55. The van der Waals surface area contributed by atoms with Crippen LogP contribution in [0.2, 0.25) is 5.02 Å². The predicted octanol–water partition coefficient (Wildman–Crippen LogP) is 4.78. The Morgan fingerprint density at radius 1 is 1.14 bits per heavy atom. The van der Waals surface area contributed by atoms with Crippen molar-refractivity contribution in [3.8, 4) is 0 Å². The molecule has 0 spiro atoms. The van der Waals surface area contributed by atoms with Gasteiger partial charge in [-0.05, 0) is 30.2 Å². The minimum absolute atomic E-state index is 0.496. The molecule has 2 aromatic carbocycles. The topological polar surface area (TPSA) is 41.6 Å². The molecule has 1 saturated heterocycles. The predicted molar refractivity (Wildman–Crippen MR) is 90.1 cm³/mol. The van der Waals surface area contributed by atoms with E-state index in [9.17, 15) is 4.57 Å². The van der Waals surface area contributed by atoms with E-state index >= 15 is 0 Å². The molecule has 1 heterocycles. The lowest BCUT2D eigenvalue weighted by atomic mass is 10.2. The summed E-state index contributed by atoms with van der Waals surface area (Å²) in [5.41, 5.74) is 1.74. The number of hydrogen-bond donors (Lipinski definition) is 1. The number of rotatable bonds is 4. The molecule has 0 radical (unpaired) electrons. The molecular formula is C16H18ClN2O2P. The quantitative estimate of drug-likeness (QED) is 0.816. The van der Waals surface area contributed by atoms with Gasteiger partial charge in [-0.2, -0.15) is 0 Å². The number of nitrogens with zero attached hydrogens (tertiary/aromatic N) is 1. The molecule has 0 aromatic heterocycles. The van der Waals surface area contributed by atoms with Crippen LogP contribution in [0.3, 0.4) is 0 Å². The van der Waals surface area contributed by atoms with Crippen LogP contribution in [-0.2, 0) is 15.6 Å². The fourth-order valence-electron chi connectivity index (χ4n) is 2.42. The van der Waals surface area contributed by atoms with Crippen LogP contribution in [0.15, 0.2) is 54.6 Å². The van der Waals surface area contributed by atoms with Gasteiger partial charge in [0, 0.05) is 23.8 Å². The Hall–Kier alpha value is -1.32. The van der Waals surface area contributed by atoms with E-state index < -0.39 is 7.67 Å². The number of benzene rings is 2. The number of halogens is 1. The Bertz CT molecular complexity index is 681. The molecule has 0 amide bonds. The highest BCUT2D eigenvalue weighted by Crippen LogP contribution is 2.53. The normalized spacial score (nSPS) is 22.4. The van der Waals surface area contributed by atoms with Gasteiger partial charge >= 0.3 is 7.67 Å². The van der Waals surface area contributed by atoms with Crippen molar-refractivity contribution in [1.82, 2.24) is 4.67 Å². The van der Waals surface area contributed by atoms with Crippen LogP contribution < -0.4 is 5.09 Å². The highest BCUT2D eigenvalue weighted by Gasteiger charge is 2.35. The molecule has 116 valence electrons. The van der Waals surface area contributed by atoms with Crippen molar-refractivity contribution >= 4 is 25.0 Å². The van der Waals surface area contributed by atoms with Gasteiger partial charge in [-0.1, -0.05) is 48.0 Å². The van der Waals surface area contributed by atoms with Gasteiger partial charge in [-0.15, -0.1) is 0 Å². The molecule has 4 nitrogen and oxygen atoms in total.